The molecule has 0 saturated heterocycles. The van der Waals surface area contributed by atoms with E-state index in [2.05, 4.69) is 9.97 Å². The van der Waals surface area contributed by atoms with Gasteiger partial charge in [0.2, 0.25) is 0 Å². The number of aromatic amines is 1. The van der Waals surface area contributed by atoms with Crippen LogP contribution in [-0.4, -0.2) is 15.7 Å². The molecule has 0 radical (unpaired) electrons. The number of thiophene rings is 1. The van der Waals surface area contributed by atoms with Crippen molar-refractivity contribution in [1.29, 1.82) is 0 Å². The highest BCUT2D eigenvalue weighted by atomic mass is 35.5. The number of aryl methyl sites for hydroxylation is 1. The number of thioether (sulfide) groups is 1. The van der Waals surface area contributed by atoms with E-state index in [1.165, 1.54) is 10.4 Å². The van der Waals surface area contributed by atoms with Gasteiger partial charge in [0.15, 0.2) is 0 Å². The lowest BCUT2D eigenvalue weighted by atomic mass is 10.1. The lowest BCUT2D eigenvalue weighted by molar-refractivity contribution is 0.915. The molecular formula is C11H11ClN2OS2. The Morgan fingerprint density at radius 3 is 3.12 bits per heavy atom. The van der Waals surface area contributed by atoms with Gasteiger partial charge in [-0.1, -0.05) is 0 Å². The van der Waals surface area contributed by atoms with E-state index in [-0.39, 0.29) is 10.9 Å². The fourth-order valence-electron chi connectivity index (χ4n) is 2.04. The lowest BCUT2D eigenvalue weighted by Crippen LogP contribution is -2.13. The van der Waals surface area contributed by atoms with Crippen LogP contribution in [0.1, 0.15) is 28.6 Å². The number of alkyl halides is 1. The first-order valence-corrected chi connectivity index (χ1v) is 7.84. The largest absolute Gasteiger partial charge is 0.309 e. The number of hydrogen-bond acceptors (Lipinski definition) is 4. The molecule has 0 bridgehead atoms. The summed E-state index contributed by atoms with van der Waals surface area (Å²) < 4.78 is 0. The summed E-state index contributed by atoms with van der Waals surface area (Å²) in [7, 11) is 0. The summed E-state index contributed by atoms with van der Waals surface area (Å²) in [5, 5.41) is 0.520. The van der Waals surface area contributed by atoms with Gasteiger partial charge in [-0.3, -0.25) is 4.79 Å². The van der Waals surface area contributed by atoms with Crippen molar-refractivity contribution in [2.45, 2.75) is 24.5 Å². The van der Waals surface area contributed by atoms with Gasteiger partial charge in [-0.2, -0.15) is 11.8 Å². The van der Waals surface area contributed by atoms with Crippen LogP contribution in [0.15, 0.2) is 4.79 Å². The van der Waals surface area contributed by atoms with Gasteiger partial charge in [-0.25, -0.2) is 4.98 Å². The van der Waals surface area contributed by atoms with E-state index in [9.17, 15) is 4.79 Å². The van der Waals surface area contributed by atoms with Crippen LogP contribution in [-0.2, 0) is 12.2 Å². The fourth-order valence-corrected chi connectivity index (χ4v) is 4.50. The number of H-pyrrole nitrogens is 1. The average Bonchev–Trinajstić information content (AvgIpc) is 2.67. The normalized spacial score (nSPS) is 17.1. The zero-order chi connectivity index (χ0) is 12.0. The van der Waals surface area contributed by atoms with Crippen LogP contribution in [0.5, 0.6) is 0 Å². The molecule has 0 aromatic carbocycles. The third kappa shape index (κ3) is 1.90. The molecule has 1 N–H and O–H groups in total. The van der Waals surface area contributed by atoms with Gasteiger partial charge in [0.25, 0.3) is 5.56 Å². The lowest BCUT2D eigenvalue weighted by Gasteiger charge is -2.09. The quantitative estimate of drug-likeness (QED) is 0.820. The van der Waals surface area contributed by atoms with E-state index in [0.29, 0.717) is 5.82 Å². The second kappa shape index (κ2) is 4.30. The van der Waals surface area contributed by atoms with Crippen molar-refractivity contribution < 1.29 is 0 Å². The first-order valence-electron chi connectivity index (χ1n) is 5.43. The van der Waals surface area contributed by atoms with Crippen molar-refractivity contribution in [3.63, 3.8) is 0 Å². The molecule has 1 atom stereocenters. The van der Waals surface area contributed by atoms with Crippen molar-refractivity contribution in [3.8, 4) is 0 Å². The van der Waals surface area contributed by atoms with Crippen LogP contribution < -0.4 is 5.56 Å². The van der Waals surface area contributed by atoms with Crippen molar-refractivity contribution in [1.82, 2.24) is 9.97 Å². The van der Waals surface area contributed by atoms with E-state index < -0.39 is 0 Å². The van der Waals surface area contributed by atoms with E-state index in [0.717, 1.165) is 28.1 Å². The Hall–Kier alpha value is -0.520. The number of fused-ring (bicyclic) bond motifs is 3. The minimum atomic E-state index is -0.263. The van der Waals surface area contributed by atoms with Gasteiger partial charge in [-0.05, 0) is 24.7 Å². The van der Waals surface area contributed by atoms with Crippen molar-refractivity contribution in [3.05, 3.63) is 26.6 Å². The summed E-state index contributed by atoms with van der Waals surface area (Å²) >= 11 is 9.52. The third-order valence-corrected chi connectivity index (χ3v) is 5.37. The van der Waals surface area contributed by atoms with E-state index in [4.69, 9.17) is 11.6 Å². The van der Waals surface area contributed by atoms with Crippen molar-refractivity contribution >= 4 is 44.9 Å². The van der Waals surface area contributed by atoms with E-state index in [1.807, 2.05) is 18.7 Å². The van der Waals surface area contributed by atoms with Crippen molar-refractivity contribution in [2.75, 3.05) is 5.75 Å². The molecule has 0 unspecified atom stereocenters. The maximum Gasteiger partial charge on any atom is 0.259 e. The standard InChI is InChI=1S/C11H11ClN2OS2/c1-5(12)9-13-10(15)8-6-2-3-16-4-7(6)17-11(8)14-9/h5H,2-4H2,1H3,(H,13,14,15)/t5-/m1/s1. The van der Waals surface area contributed by atoms with Gasteiger partial charge in [0.1, 0.15) is 10.7 Å². The molecule has 0 amide bonds. The second-order valence-electron chi connectivity index (χ2n) is 4.05. The van der Waals surface area contributed by atoms with Gasteiger partial charge in [0, 0.05) is 10.6 Å². The number of hydrogen-bond donors (Lipinski definition) is 1. The molecule has 2 aromatic heterocycles. The fraction of sp³-hybridized carbons (Fsp3) is 0.455. The minimum absolute atomic E-state index is 0.0399. The predicted molar refractivity (Wildman–Crippen MR) is 74.4 cm³/mol. The molecule has 3 nitrogen and oxygen atoms in total. The number of nitrogens with zero attached hydrogens (tertiary/aromatic N) is 1. The monoisotopic (exact) mass is 286 g/mol. The molecule has 17 heavy (non-hydrogen) atoms. The topological polar surface area (TPSA) is 45.8 Å². The van der Waals surface area contributed by atoms with Crippen LogP contribution in [0.4, 0.5) is 0 Å². The maximum atomic E-state index is 12.1. The molecule has 3 rings (SSSR count). The third-order valence-electron chi connectivity index (χ3n) is 2.87. The predicted octanol–water partition coefficient (Wildman–Crippen LogP) is 3.07. The molecule has 0 fully saturated rings. The van der Waals surface area contributed by atoms with Gasteiger partial charge >= 0.3 is 0 Å². The SMILES string of the molecule is C[C@@H](Cl)c1nc2sc3c(c2c(=O)[nH]1)CCSC3. The Bertz CT molecular complexity index is 632. The Labute approximate surface area is 112 Å². The molecule has 6 heteroatoms. The molecular weight excluding hydrogens is 276 g/mol. The number of nitrogens with one attached hydrogen (secondary N) is 1. The molecule has 90 valence electrons. The molecule has 2 aromatic rings. The second-order valence-corrected chi connectivity index (χ2v) is 6.90. The average molecular weight is 287 g/mol. The molecule has 1 aliphatic rings. The van der Waals surface area contributed by atoms with Gasteiger partial charge in [-0.15, -0.1) is 22.9 Å². The maximum absolute atomic E-state index is 12.1. The van der Waals surface area contributed by atoms with Crippen LogP contribution in [0.2, 0.25) is 0 Å². The molecule has 0 spiro atoms. The number of rotatable bonds is 1. The Morgan fingerprint density at radius 2 is 2.35 bits per heavy atom. The van der Waals surface area contributed by atoms with Gasteiger partial charge in [0.05, 0.1) is 10.8 Å². The zero-order valence-corrected chi connectivity index (χ0v) is 11.6. The van der Waals surface area contributed by atoms with E-state index >= 15 is 0 Å². The highest BCUT2D eigenvalue weighted by Gasteiger charge is 2.20. The molecule has 0 saturated carbocycles. The number of aromatic nitrogens is 2. The summed E-state index contributed by atoms with van der Waals surface area (Å²) in [6.45, 7) is 1.81. The first kappa shape index (κ1) is 11.6. The Morgan fingerprint density at radius 1 is 1.53 bits per heavy atom. The van der Waals surface area contributed by atoms with Crippen molar-refractivity contribution in [2.24, 2.45) is 0 Å². The van der Waals surface area contributed by atoms with Crippen LogP contribution in [0.25, 0.3) is 10.2 Å². The minimum Gasteiger partial charge on any atom is -0.309 e. The summed E-state index contributed by atoms with van der Waals surface area (Å²) in [6.07, 6.45) is 0.973. The van der Waals surface area contributed by atoms with E-state index in [1.54, 1.807) is 11.3 Å². The zero-order valence-electron chi connectivity index (χ0n) is 9.25. The highest BCUT2D eigenvalue weighted by Crippen LogP contribution is 2.35. The Balaban J connectivity index is 2.31. The highest BCUT2D eigenvalue weighted by molar-refractivity contribution is 7.98. The molecule has 0 aliphatic carbocycles. The smallest absolute Gasteiger partial charge is 0.259 e. The Kier molecular flexibility index (Phi) is 2.92. The van der Waals surface area contributed by atoms with Crippen LogP contribution in [0, 0.1) is 0 Å². The molecule has 3 heterocycles. The molecule has 1 aliphatic heterocycles. The summed E-state index contributed by atoms with van der Waals surface area (Å²) in [5.41, 5.74) is 1.16. The van der Waals surface area contributed by atoms with Gasteiger partial charge < -0.3 is 4.98 Å². The van der Waals surface area contributed by atoms with Crippen LogP contribution in [0.3, 0.4) is 0 Å². The first-order chi connectivity index (χ1) is 8.16. The number of halogens is 1. The van der Waals surface area contributed by atoms with Crippen LogP contribution >= 0.6 is 34.7 Å². The summed E-state index contributed by atoms with van der Waals surface area (Å²) in [5.74, 6) is 2.66. The summed E-state index contributed by atoms with van der Waals surface area (Å²) in [4.78, 5) is 21.5. The summed E-state index contributed by atoms with van der Waals surface area (Å²) in [6, 6.07) is 0.